The molecule has 0 unspecified atom stereocenters. The van der Waals surface area contributed by atoms with Crippen LogP contribution in [0.15, 0.2) is 24.3 Å². The van der Waals surface area contributed by atoms with Gasteiger partial charge in [-0.15, -0.1) is 0 Å². The molecule has 0 bridgehead atoms. The Morgan fingerprint density at radius 2 is 2.09 bits per heavy atom. The number of anilines is 1. The lowest BCUT2D eigenvalue weighted by Gasteiger charge is -2.21. The van der Waals surface area contributed by atoms with Gasteiger partial charge in [0.15, 0.2) is 0 Å². The van der Waals surface area contributed by atoms with Crippen LogP contribution in [0.4, 0.5) is 10.5 Å². The van der Waals surface area contributed by atoms with Gasteiger partial charge in [-0.1, -0.05) is 36.9 Å². The summed E-state index contributed by atoms with van der Waals surface area (Å²) in [5.41, 5.74) is 1.82. The van der Waals surface area contributed by atoms with Crippen molar-refractivity contribution < 1.29 is 14.4 Å². The zero-order chi connectivity index (χ0) is 16.8. The minimum atomic E-state index is -0.246. The predicted octanol–water partition coefficient (Wildman–Crippen LogP) is 1.81. The van der Waals surface area contributed by atoms with Crippen molar-refractivity contribution in [2.24, 2.45) is 0 Å². The summed E-state index contributed by atoms with van der Waals surface area (Å²) in [5.74, 6) is 0.230. The average Bonchev–Trinajstić information content (AvgIpc) is 2.92. The van der Waals surface area contributed by atoms with Crippen LogP contribution in [0.25, 0.3) is 0 Å². The third-order valence-electron chi connectivity index (χ3n) is 3.65. The Balaban J connectivity index is 1.86. The molecule has 23 heavy (non-hydrogen) atoms. The number of carbonyl (C=O) groups excluding carboxylic acids is 3. The second-order valence-corrected chi connectivity index (χ2v) is 6.39. The van der Waals surface area contributed by atoms with Crippen molar-refractivity contribution in [3.63, 3.8) is 0 Å². The Labute approximate surface area is 140 Å². The maximum atomic E-state index is 12.1. The summed E-state index contributed by atoms with van der Waals surface area (Å²) >= 11 is 1.22. The molecule has 1 aromatic rings. The van der Waals surface area contributed by atoms with Crippen molar-refractivity contribution in [1.82, 2.24) is 9.80 Å². The number of amides is 3. The molecule has 2 rings (SSSR count). The van der Waals surface area contributed by atoms with E-state index in [9.17, 15) is 14.4 Å². The second kappa shape index (κ2) is 8.01. The van der Waals surface area contributed by atoms with E-state index >= 15 is 0 Å². The molecule has 7 heteroatoms. The first-order valence-electron chi connectivity index (χ1n) is 7.54. The monoisotopic (exact) mass is 335 g/mol. The number of rotatable bonds is 6. The summed E-state index contributed by atoms with van der Waals surface area (Å²) < 4.78 is 0. The highest BCUT2D eigenvalue weighted by Crippen LogP contribution is 2.17. The van der Waals surface area contributed by atoms with E-state index in [0.29, 0.717) is 12.3 Å². The van der Waals surface area contributed by atoms with E-state index < -0.39 is 0 Å². The number of carbonyl (C=O) groups is 3. The van der Waals surface area contributed by atoms with Crippen molar-refractivity contribution in [3.8, 4) is 0 Å². The first-order valence-corrected chi connectivity index (χ1v) is 8.53. The molecule has 1 heterocycles. The highest BCUT2D eigenvalue weighted by atomic mass is 32.2. The van der Waals surface area contributed by atoms with Crippen LogP contribution in [-0.4, -0.2) is 59.3 Å². The zero-order valence-electron chi connectivity index (χ0n) is 13.4. The molecule has 0 radical (unpaired) electrons. The van der Waals surface area contributed by atoms with Gasteiger partial charge < -0.3 is 15.1 Å². The van der Waals surface area contributed by atoms with Gasteiger partial charge in [0.25, 0.3) is 5.24 Å². The third kappa shape index (κ3) is 4.72. The minimum absolute atomic E-state index is 0.0289. The maximum Gasteiger partial charge on any atom is 0.282 e. The van der Waals surface area contributed by atoms with Crippen molar-refractivity contribution in [2.75, 3.05) is 37.8 Å². The predicted molar refractivity (Wildman–Crippen MR) is 91.5 cm³/mol. The van der Waals surface area contributed by atoms with Gasteiger partial charge in [0.05, 0.1) is 6.54 Å². The smallest absolute Gasteiger partial charge is 0.282 e. The quantitative estimate of drug-likeness (QED) is 0.861. The number of likely N-dealkylation sites (N-methyl/N-ethyl adjacent to an activating group) is 1. The number of nitrogens with one attached hydrogen (secondary N) is 1. The Kier molecular flexibility index (Phi) is 6.04. The lowest BCUT2D eigenvalue weighted by Crippen LogP contribution is -2.41. The molecule has 1 aromatic carbocycles. The number of thioether (sulfide) groups is 1. The lowest BCUT2D eigenvalue weighted by molar-refractivity contribution is -0.133. The molecule has 1 aliphatic heterocycles. The van der Waals surface area contributed by atoms with Crippen LogP contribution in [0.3, 0.4) is 0 Å². The first-order chi connectivity index (χ1) is 11.0. The van der Waals surface area contributed by atoms with E-state index in [1.54, 1.807) is 7.05 Å². The molecule has 3 amide bonds. The SMILES string of the molecule is CCc1ccccc1NC(=O)CN(C)C(=O)CN1CCSC1=O. The molecule has 1 fully saturated rings. The molecule has 0 aliphatic carbocycles. The Morgan fingerprint density at radius 3 is 2.74 bits per heavy atom. The van der Waals surface area contributed by atoms with Crippen LogP contribution in [-0.2, 0) is 16.0 Å². The molecule has 1 saturated heterocycles. The zero-order valence-corrected chi connectivity index (χ0v) is 14.2. The van der Waals surface area contributed by atoms with Crippen molar-refractivity contribution >= 4 is 34.5 Å². The second-order valence-electron chi connectivity index (χ2n) is 5.34. The molecular formula is C16H21N3O3S. The van der Waals surface area contributed by atoms with Crippen LogP contribution in [0.1, 0.15) is 12.5 Å². The molecule has 1 N–H and O–H groups in total. The standard InChI is InChI=1S/C16H21N3O3S/c1-3-12-6-4-5-7-13(12)17-14(20)10-18(2)15(21)11-19-8-9-23-16(19)22/h4-7H,3,8-11H2,1-2H3,(H,17,20). The summed E-state index contributed by atoms with van der Waals surface area (Å²) in [7, 11) is 1.57. The van der Waals surface area contributed by atoms with E-state index in [1.807, 2.05) is 31.2 Å². The van der Waals surface area contributed by atoms with Gasteiger partial charge in [0.1, 0.15) is 6.54 Å². The van der Waals surface area contributed by atoms with Crippen LogP contribution in [0.5, 0.6) is 0 Å². The topological polar surface area (TPSA) is 69.7 Å². The molecule has 124 valence electrons. The van der Waals surface area contributed by atoms with Gasteiger partial charge in [0, 0.05) is 25.0 Å². The third-order valence-corrected chi connectivity index (χ3v) is 4.54. The number of hydrogen-bond donors (Lipinski definition) is 1. The van der Waals surface area contributed by atoms with Crippen LogP contribution in [0, 0.1) is 0 Å². The number of hydrogen-bond acceptors (Lipinski definition) is 4. The van der Waals surface area contributed by atoms with Gasteiger partial charge in [0.2, 0.25) is 11.8 Å². The van der Waals surface area contributed by atoms with E-state index in [2.05, 4.69) is 5.32 Å². The van der Waals surface area contributed by atoms with Gasteiger partial charge in [-0.25, -0.2) is 0 Å². The number of nitrogens with zero attached hydrogens (tertiary/aromatic N) is 2. The molecule has 0 spiro atoms. The average molecular weight is 335 g/mol. The van der Waals surface area contributed by atoms with Crippen LogP contribution < -0.4 is 5.32 Å². The molecule has 0 aromatic heterocycles. The van der Waals surface area contributed by atoms with Gasteiger partial charge >= 0.3 is 0 Å². The number of para-hydroxylation sites is 1. The fourth-order valence-electron chi connectivity index (χ4n) is 2.30. The summed E-state index contributed by atoms with van der Waals surface area (Å²) in [6.45, 7) is 2.60. The first kappa shape index (κ1) is 17.3. The fraction of sp³-hybridized carbons (Fsp3) is 0.438. The number of benzene rings is 1. The van der Waals surface area contributed by atoms with Gasteiger partial charge in [-0.05, 0) is 18.1 Å². The Morgan fingerprint density at radius 1 is 1.35 bits per heavy atom. The summed E-state index contributed by atoms with van der Waals surface area (Å²) in [6.07, 6.45) is 0.819. The normalized spacial score (nSPS) is 14.0. The van der Waals surface area contributed by atoms with E-state index in [-0.39, 0.29) is 30.1 Å². The van der Waals surface area contributed by atoms with Crippen LogP contribution in [0.2, 0.25) is 0 Å². The highest BCUT2D eigenvalue weighted by molar-refractivity contribution is 8.13. The minimum Gasteiger partial charge on any atom is -0.335 e. The molecule has 1 aliphatic rings. The molecule has 6 nitrogen and oxygen atoms in total. The number of aryl methyl sites for hydroxylation is 1. The van der Waals surface area contributed by atoms with Crippen LogP contribution >= 0.6 is 11.8 Å². The molecule has 0 saturated carbocycles. The molecule has 0 atom stereocenters. The van der Waals surface area contributed by atoms with E-state index in [4.69, 9.17) is 0 Å². The van der Waals surface area contributed by atoms with Crippen molar-refractivity contribution in [1.29, 1.82) is 0 Å². The Hall–Kier alpha value is -2.02. The largest absolute Gasteiger partial charge is 0.335 e. The highest BCUT2D eigenvalue weighted by Gasteiger charge is 2.25. The maximum absolute atomic E-state index is 12.1. The molecular weight excluding hydrogens is 314 g/mol. The van der Waals surface area contributed by atoms with Gasteiger partial charge in [-0.3, -0.25) is 14.4 Å². The fourth-order valence-corrected chi connectivity index (χ4v) is 3.12. The Bertz CT molecular complexity index is 606. The van der Waals surface area contributed by atoms with Crippen molar-refractivity contribution in [2.45, 2.75) is 13.3 Å². The lowest BCUT2D eigenvalue weighted by atomic mass is 10.1. The summed E-state index contributed by atoms with van der Waals surface area (Å²) in [5, 5.41) is 2.76. The summed E-state index contributed by atoms with van der Waals surface area (Å²) in [6, 6.07) is 7.59. The van der Waals surface area contributed by atoms with Gasteiger partial charge in [-0.2, -0.15) is 0 Å². The van der Waals surface area contributed by atoms with Crippen molar-refractivity contribution in [3.05, 3.63) is 29.8 Å². The summed E-state index contributed by atoms with van der Waals surface area (Å²) in [4.78, 5) is 38.6. The van der Waals surface area contributed by atoms with E-state index in [0.717, 1.165) is 17.7 Å². The van der Waals surface area contributed by atoms with E-state index in [1.165, 1.54) is 21.6 Å².